The Hall–Kier alpha value is -2.86. The van der Waals surface area contributed by atoms with Crippen LogP contribution in [0.4, 0.5) is 0 Å². The van der Waals surface area contributed by atoms with Gasteiger partial charge in [-0.15, -0.1) is 0 Å². The van der Waals surface area contributed by atoms with E-state index in [-0.39, 0.29) is 17.7 Å². The number of hydrogen-bond donors (Lipinski definition) is 3. The minimum Gasteiger partial charge on any atom is -0.392 e. The number of rotatable bonds is 6. The molecule has 2 aromatic heterocycles. The minimum atomic E-state index is -0.660. The normalized spacial score (nSPS) is 12.3. The maximum Gasteiger partial charge on any atom is 0.263 e. The monoisotopic (exact) mass is 353 g/mol. The van der Waals surface area contributed by atoms with Crippen LogP contribution in [0.25, 0.3) is 10.9 Å². The number of carbonyl (C=O) groups excluding carboxylic acids is 1. The lowest BCUT2D eigenvalue weighted by Gasteiger charge is -2.12. The van der Waals surface area contributed by atoms with Gasteiger partial charge in [-0.05, 0) is 43.5 Å². The summed E-state index contributed by atoms with van der Waals surface area (Å²) >= 11 is 0. The molecule has 0 fully saturated rings. The fourth-order valence-electron chi connectivity index (χ4n) is 3.03. The molecule has 0 radical (unpaired) electrons. The molecule has 6 heteroatoms. The number of aryl methyl sites for hydroxylation is 3. The largest absolute Gasteiger partial charge is 0.392 e. The third-order valence-corrected chi connectivity index (χ3v) is 4.46. The summed E-state index contributed by atoms with van der Waals surface area (Å²) in [5.41, 5.74) is 2.64. The van der Waals surface area contributed by atoms with Crippen molar-refractivity contribution in [2.45, 2.75) is 32.9 Å². The zero-order chi connectivity index (χ0) is 18.7. The third kappa shape index (κ3) is 3.70. The van der Waals surface area contributed by atoms with Gasteiger partial charge in [0.15, 0.2) is 0 Å². The highest BCUT2D eigenvalue weighted by Crippen LogP contribution is 2.18. The molecule has 0 aliphatic heterocycles. The molecule has 0 spiro atoms. The number of carbonyl (C=O) groups is 1. The summed E-state index contributed by atoms with van der Waals surface area (Å²) < 4.78 is 1.56. The van der Waals surface area contributed by atoms with Crippen molar-refractivity contribution in [1.82, 2.24) is 14.9 Å². The van der Waals surface area contributed by atoms with Crippen LogP contribution < -0.4 is 10.9 Å². The quantitative estimate of drug-likeness (QED) is 0.633. The number of aromatic nitrogens is 2. The van der Waals surface area contributed by atoms with Crippen LogP contribution in [-0.4, -0.2) is 33.2 Å². The highest BCUT2D eigenvalue weighted by Gasteiger charge is 2.16. The number of hydrogen-bond acceptors (Lipinski definition) is 3. The summed E-state index contributed by atoms with van der Waals surface area (Å²) in [5.74, 6) is -0.449. The van der Waals surface area contributed by atoms with Crippen molar-refractivity contribution in [3.63, 3.8) is 0 Å². The number of aliphatic hydroxyl groups excluding tert-OH is 1. The molecule has 1 amide bonds. The van der Waals surface area contributed by atoms with Crippen molar-refractivity contribution >= 4 is 16.8 Å². The third-order valence-electron chi connectivity index (χ3n) is 4.46. The highest BCUT2D eigenvalue weighted by molar-refractivity contribution is 5.95. The lowest BCUT2D eigenvalue weighted by Crippen LogP contribution is -2.37. The van der Waals surface area contributed by atoms with Crippen LogP contribution in [0, 0.1) is 6.92 Å². The van der Waals surface area contributed by atoms with Crippen LogP contribution >= 0.6 is 0 Å². The van der Waals surface area contributed by atoms with Crippen LogP contribution in [0.15, 0.2) is 47.5 Å². The molecular weight excluding hydrogens is 330 g/mol. The molecule has 1 atom stereocenters. The molecule has 0 bridgehead atoms. The Kier molecular flexibility index (Phi) is 5.23. The van der Waals surface area contributed by atoms with Crippen molar-refractivity contribution in [2.75, 3.05) is 6.54 Å². The number of nitrogens with zero attached hydrogens (tertiary/aromatic N) is 1. The van der Waals surface area contributed by atoms with E-state index in [4.69, 9.17) is 0 Å². The standard InChI is InChI=1S/C20H23N3O3/c1-13-7-9-23(20(26)18(13)19(25)22-11-14(2)24)10-8-15-12-21-17-6-4-3-5-16(15)17/h3-7,9,12,14,21,24H,8,10-11H2,1-2H3,(H,22,25). The number of aromatic amines is 1. The highest BCUT2D eigenvalue weighted by atomic mass is 16.3. The molecular formula is C20H23N3O3. The number of aliphatic hydroxyl groups is 1. The van der Waals surface area contributed by atoms with E-state index in [1.54, 1.807) is 30.7 Å². The van der Waals surface area contributed by atoms with Crippen LogP contribution in [0.1, 0.15) is 28.4 Å². The average Bonchev–Trinajstić information content (AvgIpc) is 3.02. The predicted molar refractivity (Wildman–Crippen MR) is 101 cm³/mol. The molecule has 3 aromatic rings. The van der Waals surface area contributed by atoms with Gasteiger partial charge < -0.3 is 20.0 Å². The lowest BCUT2D eigenvalue weighted by atomic mass is 10.1. The first-order chi connectivity index (χ1) is 12.5. The minimum absolute atomic E-state index is 0.113. The van der Waals surface area contributed by atoms with E-state index in [1.165, 1.54) is 0 Å². The molecule has 6 nitrogen and oxygen atoms in total. The van der Waals surface area contributed by atoms with E-state index in [2.05, 4.69) is 10.3 Å². The molecule has 1 unspecified atom stereocenters. The van der Waals surface area contributed by atoms with Gasteiger partial charge in [0.2, 0.25) is 0 Å². The van der Waals surface area contributed by atoms with Gasteiger partial charge in [-0.1, -0.05) is 18.2 Å². The molecule has 0 aliphatic carbocycles. The summed E-state index contributed by atoms with van der Waals surface area (Å²) in [6.07, 6.45) is 3.70. The SMILES string of the molecule is Cc1ccn(CCc2c[nH]c3ccccc23)c(=O)c1C(=O)NCC(C)O. The number of benzene rings is 1. The van der Waals surface area contributed by atoms with E-state index in [0.717, 1.165) is 16.5 Å². The maximum atomic E-state index is 12.7. The molecule has 0 saturated heterocycles. The second-order valence-electron chi connectivity index (χ2n) is 6.54. The second-order valence-corrected chi connectivity index (χ2v) is 6.54. The first-order valence-electron chi connectivity index (χ1n) is 8.68. The summed E-state index contributed by atoms with van der Waals surface area (Å²) in [6, 6.07) is 9.80. The Morgan fingerprint density at radius 3 is 2.85 bits per heavy atom. The van der Waals surface area contributed by atoms with Gasteiger partial charge in [0, 0.05) is 36.4 Å². The van der Waals surface area contributed by atoms with Gasteiger partial charge in [-0.25, -0.2) is 0 Å². The molecule has 1 aromatic carbocycles. The van der Waals surface area contributed by atoms with Crippen LogP contribution in [-0.2, 0) is 13.0 Å². The van der Waals surface area contributed by atoms with Crippen molar-refractivity contribution in [3.05, 3.63) is 69.8 Å². The number of pyridine rings is 1. The van der Waals surface area contributed by atoms with E-state index in [9.17, 15) is 14.7 Å². The van der Waals surface area contributed by atoms with Gasteiger partial charge in [0.25, 0.3) is 11.5 Å². The zero-order valence-corrected chi connectivity index (χ0v) is 15.0. The molecule has 0 aliphatic rings. The van der Waals surface area contributed by atoms with Gasteiger partial charge in [-0.2, -0.15) is 0 Å². The summed E-state index contributed by atoms with van der Waals surface area (Å²) in [5, 5.41) is 13.1. The summed E-state index contributed by atoms with van der Waals surface area (Å²) in [4.78, 5) is 28.3. The summed E-state index contributed by atoms with van der Waals surface area (Å²) in [7, 11) is 0. The van der Waals surface area contributed by atoms with Gasteiger partial charge in [-0.3, -0.25) is 9.59 Å². The van der Waals surface area contributed by atoms with E-state index < -0.39 is 12.0 Å². The number of H-pyrrole nitrogens is 1. The van der Waals surface area contributed by atoms with Gasteiger partial charge >= 0.3 is 0 Å². The van der Waals surface area contributed by atoms with E-state index in [1.807, 2.05) is 30.5 Å². The van der Waals surface area contributed by atoms with E-state index in [0.29, 0.717) is 18.5 Å². The van der Waals surface area contributed by atoms with Crippen molar-refractivity contribution in [1.29, 1.82) is 0 Å². The Balaban J connectivity index is 1.81. The van der Waals surface area contributed by atoms with Crippen LogP contribution in [0.2, 0.25) is 0 Å². The van der Waals surface area contributed by atoms with Crippen molar-refractivity contribution < 1.29 is 9.90 Å². The Bertz CT molecular complexity index is 985. The maximum absolute atomic E-state index is 12.7. The van der Waals surface area contributed by atoms with Crippen LogP contribution in [0.5, 0.6) is 0 Å². The topological polar surface area (TPSA) is 87.1 Å². The van der Waals surface area contributed by atoms with Crippen LogP contribution in [0.3, 0.4) is 0 Å². The Labute approximate surface area is 151 Å². The fraction of sp³-hybridized carbons (Fsp3) is 0.300. The number of fused-ring (bicyclic) bond motifs is 1. The number of nitrogens with one attached hydrogen (secondary N) is 2. The smallest absolute Gasteiger partial charge is 0.263 e. The predicted octanol–water partition coefficient (Wildman–Crippen LogP) is 1.99. The van der Waals surface area contributed by atoms with Gasteiger partial charge in [0.05, 0.1) is 6.10 Å². The first kappa shape index (κ1) is 17.9. The lowest BCUT2D eigenvalue weighted by molar-refractivity contribution is 0.0921. The van der Waals surface area contributed by atoms with E-state index >= 15 is 0 Å². The molecule has 0 saturated carbocycles. The number of para-hydroxylation sites is 1. The molecule has 3 rings (SSSR count). The average molecular weight is 353 g/mol. The van der Waals surface area contributed by atoms with Crippen molar-refractivity contribution in [2.24, 2.45) is 0 Å². The zero-order valence-electron chi connectivity index (χ0n) is 15.0. The van der Waals surface area contributed by atoms with Crippen molar-refractivity contribution in [3.8, 4) is 0 Å². The Morgan fingerprint density at radius 2 is 2.08 bits per heavy atom. The fourth-order valence-corrected chi connectivity index (χ4v) is 3.03. The molecule has 136 valence electrons. The molecule has 2 heterocycles. The number of amides is 1. The molecule has 26 heavy (non-hydrogen) atoms. The first-order valence-corrected chi connectivity index (χ1v) is 8.68. The second kappa shape index (κ2) is 7.58. The Morgan fingerprint density at radius 1 is 1.31 bits per heavy atom. The van der Waals surface area contributed by atoms with Gasteiger partial charge in [0.1, 0.15) is 5.56 Å². The molecule has 3 N–H and O–H groups in total. The summed E-state index contributed by atoms with van der Waals surface area (Å²) in [6.45, 7) is 3.92.